The minimum absolute atomic E-state index is 0.166. The molecule has 2 aromatic rings. The summed E-state index contributed by atoms with van der Waals surface area (Å²) in [5.74, 6) is -0.985. The molecule has 3 heterocycles. The van der Waals surface area contributed by atoms with E-state index in [9.17, 15) is 39.9 Å². The number of hydrogen-bond donors (Lipinski definition) is 7. The zero-order valence-electron chi connectivity index (χ0n) is 22.5. The van der Waals surface area contributed by atoms with Gasteiger partial charge in [0.05, 0.1) is 13.2 Å². The second-order valence-corrected chi connectivity index (χ2v) is 10.0. The summed E-state index contributed by atoms with van der Waals surface area (Å²) >= 11 is 0. The smallest absolute Gasteiger partial charge is 0.336 e. The molecule has 15 nitrogen and oxygen atoms in total. The number of carbonyl (C=O) groups excluding carboxylic acids is 2. The first-order valence-corrected chi connectivity index (χ1v) is 12.9. The molecule has 0 radical (unpaired) electrons. The molecule has 0 aliphatic carbocycles. The van der Waals surface area contributed by atoms with Crippen LogP contribution in [0.3, 0.4) is 0 Å². The van der Waals surface area contributed by atoms with Crippen LogP contribution >= 0.6 is 0 Å². The molecule has 0 unspecified atom stereocenters. The SMILES string of the molecule is CC(=O)N[C@@H]1[C@H](O[C@H]2[C@@H](O)[C@@H](NC(C)=O)[C@@H](Oc3ccc4c(C)cc(=O)oc4c3)O[C@H]2CO)O[C@H](CO)[C@H](O)[C@@H]1O. The van der Waals surface area contributed by atoms with E-state index in [2.05, 4.69) is 10.6 Å². The Morgan fingerprint density at radius 1 is 0.878 bits per heavy atom. The molecule has 7 N–H and O–H groups in total. The number of amides is 2. The molecule has 2 amide bonds. The Morgan fingerprint density at radius 2 is 1.49 bits per heavy atom. The minimum atomic E-state index is -1.62. The van der Waals surface area contributed by atoms with Gasteiger partial charge in [0.2, 0.25) is 18.1 Å². The third-order valence-electron chi connectivity index (χ3n) is 6.94. The summed E-state index contributed by atoms with van der Waals surface area (Å²) in [7, 11) is 0. The van der Waals surface area contributed by atoms with Crippen molar-refractivity contribution in [3.63, 3.8) is 0 Å². The van der Waals surface area contributed by atoms with Crippen LogP contribution in [-0.4, -0.2) is 112 Å². The highest BCUT2D eigenvalue weighted by molar-refractivity contribution is 5.81. The van der Waals surface area contributed by atoms with Crippen LogP contribution in [0.15, 0.2) is 33.5 Å². The maximum Gasteiger partial charge on any atom is 0.336 e. The standard InChI is InChI=1S/C26H34N2O13/c1-10-6-18(33)38-15-7-13(4-5-14(10)15)37-25-20(28-12(3)32)23(36)24(17(9-30)40-25)41-26-19(27-11(2)31)22(35)21(34)16(8-29)39-26/h4-7,16-17,19-26,29-30,34-36H,8-9H2,1-3H3,(H,27,31)(H,28,32)/t16-,17+,19+,20-,21+,22-,23+,24-,25+,26+/m1/s1. The molecule has 1 aromatic carbocycles. The van der Waals surface area contributed by atoms with Crippen molar-refractivity contribution in [3.8, 4) is 5.75 Å². The largest absolute Gasteiger partial charge is 0.462 e. The minimum Gasteiger partial charge on any atom is -0.462 e. The molecular weight excluding hydrogens is 548 g/mol. The molecule has 0 bridgehead atoms. The maximum atomic E-state index is 12.1. The van der Waals surface area contributed by atoms with E-state index in [4.69, 9.17) is 23.4 Å². The average Bonchev–Trinajstić information content (AvgIpc) is 2.90. The van der Waals surface area contributed by atoms with Gasteiger partial charge in [-0.25, -0.2) is 4.79 Å². The Labute approximate surface area is 233 Å². The normalized spacial score (nSPS) is 33.8. The number of fused-ring (bicyclic) bond motifs is 1. The molecular formula is C26H34N2O13. The summed E-state index contributed by atoms with van der Waals surface area (Å²) in [6.45, 7) is 2.71. The molecule has 2 fully saturated rings. The highest BCUT2D eigenvalue weighted by Crippen LogP contribution is 2.31. The summed E-state index contributed by atoms with van der Waals surface area (Å²) in [6.07, 6.45) is -11.7. The molecule has 41 heavy (non-hydrogen) atoms. The highest BCUT2D eigenvalue weighted by Gasteiger charge is 2.52. The Morgan fingerprint density at radius 3 is 2.10 bits per heavy atom. The van der Waals surface area contributed by atoms with E-state index in [0.717, 1.165) is 6.92 Å². The van der Waals surface area contributed by atoms with Gasteiger partial charge in [0.1, 0.15) is 60.0 Å². The first-order valence-electron chi connectivity index (χ1n) is 12.9. The van der Waals surface area contributed by atoms with E-state index in [1.54, 1.807) is 19.1 Å². The molecule has 15 heteroatoms. The summed E-state index contributed by atoms with van der Waals surface area (Å²) < 4.78 is 28.5. The molecule has 1 aromatic heterocycles. The lowest BCUT2D eigenvalue weighted by atomic mass is 9.94. The Hall–Kier alpha value is -3.15. The van der Waals surface area contributed by atoms with Gasteiger partial charge in [-0.2, -0.15) is 0 Å². The van der Waals surface area contributed by atoms with Crippen molar-refractivity contribution in [1.82, 2.24) is 10.6 Å². The van der Waals surface area contributed by atoms with Gasteiger partial charge < -0.3 is 59.5 Å². The lowest BCUT2D eigenvalue weighted by Crippen LogP contribution is -2.69. The fourth-order valence-electron chi connectivity index (χ4n) is 4.98. The zero-order chi connectivity index (χ0) is 30.0. The van der Waals surface area contributed by atoms with Gasteiger partial charge in [0.25, 0.3) is 0 Å². The third kappa shape index (κ3) is 6.68. The van der Waals surface area contributed by atoms with Crippen LogP contribution in [0.1, 0.15) is 19.4 Å². The number of aliphatic hydroxyl groups excluding tert-OH is 5. The second kappa shape index (κ2) is 12.8. The molecule has 2 saturated heterocycles. The van der Waals surface area contributed by atoms with E-state index >= 15 is 0 Å². The predicted octanol–water partition coefficient (Wildman–Crippen LogP) is -2.61. The van der Waals surface area contributed by atoms with Crippen LogP contribution < -0.4 is 21.0 Å². The van der Waals surface area contributed by atoms with Crippen LogP contribution in [0.5, 0.6) is 5.75 Å². The van der Waals surface area contributed by atoms with Gasteiger partial charge in [-0.15, -0.1) is 0 Å². The molecule has 4 rings (SSSR count). The average molecular weight is 583 g/mol. The van der Waals surface area contributed by atoms with Gasteiger partial charge in [0, 0.05) is 31.4 Å². The Bertz CT molecular complexity index is 1300. The van der Waals surface area contributed by atoms with E-state index < -0.39 is 91.9 Å². The predicted molar refractivity (Wildman–Crippen MR) is 137 cm³/mol. The summed E-state index contributed by atoms with van der Waals surface area (Å²) in [6, 6.07) is 3.41. The Balaban J connectivity index is 1.61. The number of carbonyl (C=O) groups is 2. The number of benzene rings is 1. The van der Waals surface area contributed by atoms with Crippen molar-refractivity contribution in [3.05, 3.63) is 40.2 Å². The molecule has 226 valence electrons. The zero-order valence-corrected chi connectivity index (χ0v) is 22.5. The number of aryl methyl sites for hydroxylation is 1. The second-order valence-electron chi connectivity index (χ2n) is 10.0. The number of ether oxygens (including phenoxy) is 4. The van der Waals surface area contributed by atoms with Gasteiger partial charge in [-0.1, -0.05) is 0 Å². The van der Waals surface area contributed by atoms with E-state index in [1.807, 2.05) is 0 Å². The van der Waals surface area contributed by atoms with Gasteiger partial charge in [-0.05, 0) is 24.6 Å². The number of hydrogen-bond acceptors (Lipinski definition) is 13. The maximum absolute atomic E-state index is 12.1. The molecule has 0 saturated carbocycles. The number of nitrogens with one attached hydrogen (secondary N) is 2. The van der Waals surface area contributed by atoms with Gasteiger partial charge in [-0.3, -0.25) is 9.59 Å². The fourth-order valence-corrected chi connectivity index (χ4v) is 4.98. The fraction of sp³-hybridized carbons (Fsp3) is 0.577. The van der Waals surface area contributed by atoms with Crippen molar-refractivity contribution < 1.29 is 58.5 Å². The van der Waals surface area contributed by atoms with Crippen molar-refractivity contribution in [2.24, 2.45) is 0 Å². The molecule has 2 aliphatic rings. The van der Waals surface area contributed by atoms with Crippen molar-refractivity contribution in [1.29, 1.82) is 0 Å². The van der Waals surface area contributed by atoms with E-state index in [-0.39, 0.29) is 11.3 Å². The number of rotatable bonds is 8. The summed E-state index contributed by atoms with van der Waals surface area (Å²) in [4.78, 5) is 35.7. The van der Waals surface area contributed by atoms with E-state index in [0.29, 0.717) is 10.9 Å². The van der Waals surface area contributed by atoms with Crippen molar-refractivity contribution in [2.45, 2.75) is 82.1 Å². The van der Waals surface area contributed by atoms with Gasteiger partial charge >= 0.3 is 5.63 Å². The third-order valence-corrected chi connectivity index (χ3v) is 6.94. The quantitative estimate of drug-likeness (QED) is 0.159. The van der Waals surface area contributed by atoms with Gasteiger partial charge in [0.15, 0.2) is 6.29 Å². The topological polar surface area (TPSA) is 226 Å². The van der Waals surface area contributed by atoms with Crippen LogP contribution in [-0.2, 0) is 23.8 Å². The van der Waals surface area contributed by atoms with Crippen molar-refractivity contribution >= 4 is 22.8 Å². The van der Waals surface area contributed by atoms with E-state index in [1.165, 1.54) is 19.1 Å². The lowest BCUT2D eigenvalue weighted by molar-refractivity contribution is -0.325. The molecule has 2 aliphatic heterocycles. The molecule has 10 atom stereocenters. The highest BCUT2D eigenvalue weighted by atomic mass is 16.7. The first-order chi connectivity index (χ1) is 19.4. The summed E-state index contributed by atoms with van der Waals surface area (Å²) in [5, 5.41) is 57.5. The van der Waals surface area contributed by atoms with Crippen LogP contribution in [0, 0.1) is 6.92 Å². The van der Waals surface area contributed by atoms with Crippen LogP contribution in [0.2, 0.25) is 0 Å². The van der Waals surface area contributed by atoms with Crippen molar-refractivity contribution in [2.75, 3.05) is 13.2 Å². The van der Waals surface area contributed by atoms with Crippen LogP contribution in [0.25, 0.3) is 11.0 Å². The van der Waals surface area contributed by atoms with Crippen LogP contribution in [0.4, 0.5) is 0 Å². The number of aliphatic hydroxyl groups is 5. The monoisotopic (exact) mass is 582 g/mol. The Kier molecular flexibility index (Phi) is 9.61. The summed E-state index contributed by atoms with van der Waals surface area (Å²) in [5.41, 5.74) is 0.362. The molecule has 0 spiro atoms. The first kappa shape index (κ1) is 30.8. The lowest BCUT2D eigenvalue weighted by Gasteiger charge is -2.48.